The van der Waals surface area contributed by atoms with E-state index in [0.29, 0.717) is 25.6 Å². The molecule has 1 fully saturated rings. The van der Waals surface area contributed by atoms with Crippen molar-refractivity contribution in [2.45, 2.75) is 174 Å². The molecule has 1 rings (SSSR count). The fourth-order valence-electron chi connectivity index (χ4n) is 6.79. The molecule has 0 aliphatic heterocycles. The van der Waals surface area contributed by atoms with Gasteiger partial charge in [0, 0.05) is 45.2 Å². The first-order valence-corrected chi connectivity index (χ1v) is 20.2. The topological polar surface area (TPSA) is 82.6 Å². The van der Waals surface area contributed by atoms with Gasteiger partial charge in [0.2, 0.25) is 0 Å². The predicted molar refractivity (Wildman–Crippen MR) is 196 cm³/mol. The Labute approximate surface area is 294 Å². The number of carbonyl (C=O) groups excluding carboxylic acids is 2. The predicted octanol–water partition coefficient (Wildman–Crippen LogP) is 9.50. The Morgan fingerprint density at radius 3 is 1.81 bits per heavy atom. The molecule has 1 saturated carbocycles. The summed E-state index contributed by atoms with van der Waals surface area (Å²) < 4.78 is 10.0. The molecule has 1 amide bonds. The van der Waals surface area contributed by atoms with Crippen LogP contribution in [0.4, 0.5) is 4.79 Å². The zero-order chi connectivity index (χ0) is 34.2. The summed E-state index contributed by atoms with van der Waals surface area (Å²) >= 11 is 5.16. The van der Waals surface area contributed by atoms with Gasteiger partial charge in [-0.05, 0) is 70.9 Å². The fourth-order valence-corrected chi connectivity index (χ4v) is 6.87. The van der Waals surface area contributed by atoms with Crippen LogP contribution in [0.5, 0.6) is 0 Å². The standard InChI is InChI=1S/C38H74ClN3O5/c1-3-5-7-9-11-20-29-42(30-21-12-10-8-6-4-2)38(45)46-35-23-15-19-27-40(33-34-43)31-32-41(36-24-16-13-17-25-36)28-22-14-18-26-37(44)47-39/h36,43H,3-35H2,1-2H3. The molecule has 9 heteroatoms. The molecule has 47 heavy (non-hydrogen) atoms. The lowest BCUT2D eigenvalue weighted by molar-refractivity contribution is -0.134. The van der Waals surface area contributed by atoms with Crippen molar-refractivity contribution in [2.24, 2.45) is 0 Å². The van der Waals surface area contributed by atoms with E-state index in [1.807, 2.05) is 4.90 Å². The summed E-state index contributed by atoms with van der Waals surface area (Å²) in [7, 11) is 0. The Kier molecular flexibility index (Phi) is 30.0. The van der Waals surface area contributed by atoms with Crippen LogP contribution in [0.15, 0.2) is 0 Å². The summed E-state index contributed by atoms with van der Waals surface area (Å²) in [6.45, 7) is 11.4. The lowest BCUT2D eigenvalue weighted by Crippen LogP contribution is -2.43. The number of halogens is 1. The maximum absolute atomic E-state index is 13.0. The minimum absolute atomic E-state index is 0.129. The van der Waals surface area contributed by atoms with Gasteiger partial charge in [-0.2, -0.15) is 0 Å². The summed E-state index contributed by atoms with van der Waals surface area (Å²) in [4.78, 5) is 31.3. The highest BCUT2D eigenvalue weighted by molar-refractivity contribution is 6.13. The molecule has 0 spiro atoms. The Morgan fingerprint density at radius 2 is 1.19 bits per heavy atom. The van der Waals surface area contributed by atoms with Crippen molar-refractivity contribution in [2.75, 3.05) is 59.0 Å². The van der Waals surface area contributed by atoms with E-state index in [1.54, 1.807) is 0 Å². The van der Waals surface area contributed by atoms with E-state index >= 15 is 0 Å². The van der Waals surface area contributed by atoms with Gasteiger partial charge in [0.1, 0.15) is 11.9 Å². The minimum Gasteiger partial charge on any atom is -0.449 e. The molecular weight excluding hydrogens is 614 g/mol. The monoisotopic (exact) mass is 688 g/mol. The van der Waals surface area contributed by atoms with Crippen molar-refractivity contribution < 1.29 is 23.7 Å². The van der Waals surface area contributed by atoms with Crippen molar-refractivity contribution in [3.8, 4) is 0 Å². The molecule has 278 valence electrons. The van der Waals surface area contributed by atoms with E-state index in [1.165, 1.54) is 96.3 Å². The number of ether oxygens (including phenoxy) is 1. The van der Waals surface area contributed by atoms with Gasteiger partial charge < -0.3 is 19.0 Å². The molecule has 8 nitrogen and oxygen atoms in total. The van der Waals surface area contributed by atoms with Crippen molar-refractivity contribution in [3.05, 3.63) is 0 Å². The van der Waals surface area contributed by atoms with Crippen molar-refractivity contribution in [1.29, 1.82) is 0 Å². The number of amides is 1. The first-order valence-electron chi connectivity index (χ1n) is 19.9. The molecule has 0 atom stereocenters. The SMILES string of the molecule is CCCCCCCCN(CCCCCCCC)C(=O)OCCCCCN(CCO)CCN(CCCCCC(=O)OCl)C1CCCCC1. The van der Waals surface area contributed by atoms with E-state index in [2.05, 4.69) is 27.9 Å². The van der Waals surface area contributed by atoms with Gasteiger partial charge in [-0.25, -0.2) is 4.79 Å². The highest BCUT2D eigenvalue weighted by atomic mass is 35.5. The summed E-state index contributed by atoms with van der Waals surface area (Å²) in [6, 6.07) is 0.643. The van der Waals surface area contributed by atoms with Gasteiger partial charge in [-0.3, -0.25) is 14.6 Å². The Bertz CT molecular complexity index is 709. The molecule has 0 aromatic carbocycles. The molecule has 0 heterocycles. The van der Waals surface area contributed by atoms with Gasteiger partial charge in [0.05, 0.1) is 13.2 Å². The Balaban J connectivity index is 2.40. The molecule has 0 saturated heterocycles. The van der Waals surface area contributed by atoms with Gasteiger partial charge in [0.25, 0.3) is 0 Å². The number of unbranched alkanes of at least 4 members (excludes halogenated alkanes) is 14. The van der Waals surface area contributed by atoms with E-state index in [-0.39, 0.29) is 18.7 Å². The molecule has 0 unspecified atom stereocenters. The van der Waals surface area contributed by atoms with Gasteiger partial charge in [-0.1, -0.05) is 104 Å². The molecule has 1 aliphatic rings. The van der Waals surface area contributed by atoms with Gasteiger partial charge in [0.15, 0.2) is 0 Å². The fraction of sp³-hybridized carbons (Fsp3) is 0.947. The average Bonchev–Trinajstić information content (AvgIpc) is 3.09. The molecule has 0 bridgehead atoms. The second-order valence-corrected chi connectivity index (χ2v) is 14.0. The Hall–Kier alpha value is -1.09. The number of rotatable bonds is 32. The van der Waals surface area contributed by atoms with Crippen molar-refractivity contribution in [1.82, 2.24) is 14.7 Å². The summed E-state index contributed by atoms with van der Waals surface area (Å²) in [5, 5.41) is 9.74. The number of hydrogen-bond acceptors (Lipinski definition) is 7. The summed E-state index contributed by atoms with van der Waals surface area (Å²) in [6.07, 6.45) is 27.3. The first-order chi connectivity index (χ1) is 23.0. The van der Waals surface area contributed by atoms with E-state index in [4.69, 9.17) is 16.6 Å². The van der Waals surface area contributed by atoms with Gasteiger partial charge in [-0.15, -0.1) is 0 Å². The molecule has 0 aromatic rings. The highest BCUT2D eigenvalue weighted by Crippen LogP contribution is 2.23. The lowest BCUT2D eigenvalue weighted by atomic mass is 9.94. The second kappa shape index (κ2) is 32.1. The van der Waals surface area contributed by atoms with Crippen LogP contribution in [0.25, 0.3) is 0 Å². The quantitative estimate of drug-likeness (QED) is 0.0706. The van der Waals surface area contributed by atoms with Crippen LogP contribution in [0.2, 0.25) is 0 Å². The lowest BCUT2D eigenvalue weighted by Gasteiger charge is -2.36. The smallest absolute Gasteiger partial charge is 0.409 e. The highest BCUT2D eigenvalue weighted by Gasteiger charge is 2.21. The summed E-state index contributed by atoms with van der Waals surface area (Å²) in [5.41, 5.74) is 0. The van der Waals surface area contributed by atoms with Crippen LogP contribution < -0.4 is 0 Å². The molecular formula is C38H74ClN3O5. The number of nitrogens with zero attached hydrogens (tertiary/aromatic N) is 3. The van der Waals surface area contributed by atoms with Crippen LogP contribution in [0.1, 0.15) is 168 Å². The number of hydrogen-bond donors (Lipinski definition) is 1. The minimum atomic E-state index is -0.345. The third-order valence-electron chi connectivity index (χ3n) is 9.79. The van der Waals surface area contributed by atoms with E-state index in [9.17, 15) is 14.7 Å². The first kappa shape index (κ1) is 43.9. The number of aliphatic hydroxyl groups excluding tert-OH is 1. The zero-order valence-corrected chi connectivity index (χ0v) is 31.5. The Morgan fingerprint density at radius 1 is 0.638 bits per heavy atom. The molecule has 1 aliphatic carbocycles. The average molecular weight is 688 g/mol. The molecule has 0 radical (unpaired) electrons. The zero-order valence-electron chi connectivity index (χ0n) is 30.7. The van der Waals surface area contributed by atoms with E-state index in [0.717, 1.165) is 90.6 Å². The van der Waals surface area contributed by atoms with E-state index < -0.39 is 0 Å². The maximum atomic E-state index is 13.0. The third-order valence-corrected chi connectivity index (χ3v) is 9.96. The van der Waals surface area contributed by atoms with Crippen LogP contribution >= 0.6 is 11.9 Å². The maximum Gasteiger partial charge on any atom is 0.409 e. The largest absolute Gasteiger partial charge is 0.449 e. The van der Waals surface area contributed by atoms with Crippen LogP contribution in [0, 0.1) is 0 Å². The second-order valence-electron chi connectivity index (χ2n) is 13.9. The summed E-state index contributed by atoms with van der Waals surface area (Å²) in [5.74, 6) is -0.345. The molecule has 1 N–H and O–H groups in total. The third kappa shape index (κ3) is 24.7. The normalized spacial score (nSPS) is 13.8. The van der Waals surface area contributed by atoms with Crippen LogP contribution in [-0.2, 0) is 13.8 Å². The number of carbonyl (C=O) groups is 2. The van der Waals surface area contributed by atoms with Gasteiger partial charge >= 0.3 is 12.1 Å². The van der Waals surface area contributed by atoms with Crippen molar-refractivity contribution in [3.63, 3.8) is 0 Å². The van der Waals surface area contributed by atoms with Crippen molar-refractivity contribution >= 4 is 23.9 Å². The van der Waals surface area contributed by atoms with Crippen LogP contribution in [0.3, 0.4) is 0 Å². The number of aliphatic hydroxyl groups is 1. The van der Waals surface area contributed by atoms with Crippen LogP contribution in [-0.4, -0.2) is 96.9 Å². The molecule has 0 aromatic heterocycles.